The molecule has 1 unspecified atom stereocenters. The van der Waals surface area contributed by atoms with Gasteiger partial charge >= 0.3 is 12.2 Å². The average molecular weight is 559 g/mol. The Morgan fingerprint density at radius 3 is 2.56 bits per heavy atom. The first-order chi connectivity index (χ1) is 19.6. The zero-order valence-corrected chi connectivity index (χ0v) is 23.5. The van der Waals surface area contributed by atoms with Crippen molar-refractivity contribution in [1.29, 1.82) is 0 Å². The number of carbonyl (C=O) groups excluding carboxylic acids is 3. The minimum absolute atomic E-state index is 0.209. The Bertz CT molecular complexity index is 1420. The highest BCUT2D eigenvalue weighted by molar-refractivity contribution is 6.00. The van der Waals surface area contributed by atoms with Gasteiger partial charge in [0.05, 0.1) is 31.1 Å². The average Bonchev–Trinajstić information content (AvgIpc) is 2.93. The molecule has 2 heterocycles. The van der Waals surface area contributed by atoms with Crippen LogP contribution in [0.4, 0.5) is 21.0 Å². The summed E-state index contributed by atoms with van der Waals surface area (Å²) in [4.78, 5) is 42.6. The van der Waals surface area contributed by atoms with Crippen LogP contribution in [0.15, 0.2) is 79.0 Å². The number of hydrogen-bond donors (Lipinski definition) is 3. The summed E-state index contributed by atoms with van der Waals surface area (Å²) < 4.78 is 16.2. The molecule has 0 fully saturated rings. The van der Waals surface area contributed by atoms with Gasteiger partial charge in [-0.1, -0.05) is 48.6 Å². The van der Waals surface area contributed by atoms with Crippen LogP contribution in [-0.2, 0) is 25.6 Å². The van der Waals surface area contributed by atoms with E-state index in [1.54, 1.807) is 63.4 Å². The van der Waals surface area contributed by atoms with E-state index in [1.165, 1.54) is 7.11 Å². The number of nitrogens with zero attached hydrogens (tertiary/aromatic N) is 1. The van der Waals surface area contributed by atoms with Gasteiger partial charge in [0.15, 0.2) is 6.10 Å². The first kappa shape index (κ1) is 29.3. The highest BCUT2D eigenvalue weighted by atomic mass is 16.6. The standard InChI is InChI=1S/C31H34N4O6/c1-31(2,3)41-30(38)35-24-11-8-12-27(40-19-20-9-6-5-7-10-20)28(36)34-25-18-22(33-29(37)39-4)13-14-23(25)21-15-16-32-26(24)17-21/h5-10,12-18,24,27H,11,19H2,1-4H3,(H,33,37)(H,34,36)(H,35,38)/b12-8-/t24-,27?/m0/s1. The molecule has 214 valence electrons. The third kappa shape index (κ3) is 8.39. The fourth-order valence-electron chi connectivity index (χ4n) is 4.18. The molecule has 1 aliphatic heterocycles. The van der Waals surface area contributed by atoms with E-state index in [1.807, 2.05) is 36.4 Å². The number of ether oxygens (including phenoxy) is 3. The van der Waals surface area contributed by atoms with Crippen molar-refractivity contribution >= 4 is 29.5 Å². The number of rotatable bonds is 5. The molecule has 3 amide bonds. The molecule has 1 aromatic heterocycles. The van der Waals surface area contributed by atoms with Gasteiger partial charge in [-0.25, -0.2) is 9.59 Å². The maximum Gasteiger partial charge on any atom is 0.411 e. The molecule has 0 saturated carbocycles. The van der Waals surface area contributed by atoms with E-state index < -0.39 is 35.8 Å². The number of anilines is 2. The quantitative estimate of drug-likeness (QED) is 0.329. The van der Waals surface area contributed by atoms with Crippen LogP contribution < -0.4 is 16.0 Å². The predicted octanol–water partition coefficient (Wildman–Crippen LogP) is 5.98. The van der Waals surface area contributed by atoms with Gasteiger partial charge in [-0.15, -0.1) is 0 Å². The molecule has 2 atom stereocenters. The van der Waals surface area contributed by atoms with E-state index in [4.69, 9.17) is 14.2 Å². The molecule has 3 aromatic rings. The van der Waals surface area contributed by atoms with Crippen LogP contribution >= 0.6 is 0 Å². The summed E-state index contributed by atoms with van der Waals surface area (Å²) in [6.07, 6.45) is 3.24. The summed E-state index contributed by atoms with van der Waals surface area (Å²) in [5, 5.41) is 8.48. The van der Waals surface area contributed by atoms with Crippen molar-refractivity contribution in [1.82, 2.24) is 10.3 Å². The Hall–Kier alpha value is -4.70. The van der Waals surface area contributed by atoms with E-state index in [2.05, 4.69) is 20.9 Å². The zero-order valence-electron chi connectivity index (χ0n) is 23.5. The topological polar surface area (TPSA) is 128 Å². The van der Waals surface area contributed by atoms with E-state index in [-0.39, 0.29) is 6.61 Å². The van der Waals surface area contributed by atoms with Crippen LogP contribution in [0.1, 0.15) is 44.5 Å². The van der Waals surface area contributed by atoms with Crippen molar-refractivity contribution in [3.05, 3.63) is 90.3 Å². The number of methoxy groups -OCH3 is 1. The Morgan fingerprint density at radius 1 is 1.05 bits per heavy atom. The highest BCUT2D eigenvalue weighted by Gasteiger charge is 2.24. The molecule has 0 saturated heterocycles. The second-order valence-electron chi connectivity index (χ2n) is 10.4. The SMILES string of the molecule is COC(=O)Nc1ccc2c(c1)NC(=O)C(OCc1ccccc1)/C=C\C[C@H](NC(=O)OC(C)(C)C)c1cc-2ccn1. The van der Waals surface area contributed by atoms with Crippen molar-refractivity contribution in [2.75, 3.05) is 17.7 Å². The van der Waals surface area contributed by atoms with E-state index >= 15 is 0 Å². The Balaban J connectivity index is 1.73. The number of hydrogen-bond acceptors (Lipinski definition) is 7. The molecule has 41 heavy (non-hydrogen) atoms. The molecule has 4 rings (SSSR count). The van der Waals surface area contributed by atoms with Crippen molar-refractivity contribution in [3.63, 3.8) is 0 Å². The molecular formula is C31H34N4O6. The Kier molecular flexibility index (Phi) is 9.36. The maximum atomic E-state index is 13.5. The number of aromatic nitrogens is 1. The molecule has 3 N–H and O–H groups in total. The van der Waals surface area contributed by atoms with Crippen LogP contribution in [-0.4, -0.2) is 41.9 Å². The highest BCUT2D eigenvalue weighted by Crippen LogP contribution is 2.33. The summed E-state index contributed by atoms with van der Waals surface area (Å²) in [6, 6.07) is 17.8. The second kappa shape index (κ2) is 13.1. The van der Waals surface area contributed by atoms with Gasteiger partial charge < -0.3 is 24.8 Å². The molecule has 2 aromatic carbocycles. The van der Waals surface area contributed by atoms with Crippen LogP contribution in [0.3, 0.4) is 0 Å². The summed E-state index contributed by atoms with van der Waals surface area (Å²) >= 11 is 0. The molecule has 0 spiro atoms. The summed E-state index contributed by atoms with van der Waals surface area (Å²) in [5.41, 5.74) is 3.14. The number of pyridine rings is 1. The zero-order chi connectivity index (χ0) is 29.4. The molecule has 0 aliphatic carbocycles. The number of alkyl carbamates (subject to hydrolysis) is 1. The third-order valence-electron chi connectivity index (χ3n) is 6.06. The molecule has 10 nitrogen and oxygen atoms in total. The van der Waals surface area contributed by atoms with Gasteiger partial charge in [-0.2, -0.15) is 0 Å². The van der Waals surface area contributed by atoms with Crippen molar-refractivity contribution in [3.8, 4) is 11.1 Å². The normalized spacial score (nSPS) is 17.5. The number of fused-ring (bicyclic) bond motifs is 4. The number of nitrogens with one attached hydrogen (secondary N) is 3. The maximum absolute atomic E-state index is 13.5. The van der Waals surface area contributed by atoms with Crippen LogP contribution in [0.2, 0.25) is 0 Å². The third-order valence-corrected chi connectivity index (χ3v) is 6.06. The smallest absolute Gasteiger partial charge is 0.411 e. The lowest BCUT2D eigenvalue weighted by atomic mass is 9.99. The lowest BCUT2D eigenvalue weighted by Crippen LogP contribution is -2.35. The van der Waals surface area contributed by atoms with Crippen LogP contribution in [0, 0.1) is 0 Å². The second-order valence-corrected chi connectivity index (χ2v) is 10.4. The van der Waals surface area contributed by atoms with Crippen LogP contribution in [0.25, 0.3) is 11.1 Å². The van der Waals surface area contributed by atoms with Crippen molar-refractivity contribution in [2.45, 2.75) is 51.5 Å². The van der Waals surface area contributed by atoms with E-state index in [9.17, 15) is 14.4 Å². The minimum atomic E-state index is -0.951. The molecule has 0 radical (unpaired) electrons. The summed E-state index contributed by atoms with van der Waals surface area (Å²) in [6.45, 7) is 5.58. The molecule has 2 bridgehead atoms. The van der Waals surface area contributed by atoms with Gasteiger partial charge in [0.25, 0.3) is 5.91 Å². The number of carbonyl (C=O) groups is 3. The lowest BCUT2D eigenvalue weighted by molar-refractivity contribution is -0.125. The predicted molar refractivity (Wildman–Crippen MR) is 155 cm³/mol. The monoisotopic (exact) mass is 558 g/mol. The van der Waals surface area contributed by atoms with Gasteiger partial charge in [0, 0.05) is 17.4 Å². The number of amides is 3. The minimum Gasteiger partial charge on any atom is -0.453 e. The van der Waals surface area contributed by atoms with E-state index in [0.29, 0.717) is 29.1 Å². The van der Waals surface area contributed by atoms with Crippen LogP contribution in [0.5, 0.6) is 0 Å². The van der Waals surface area contributed by atoms with Crippen molar-refractivity contribution in [2.24, 2.45) is 0 Å². The fraction of sp³-hybridized carbons (Fsp3) is 0.290. The van der Waals surface area contributed by atoms with Gasteiger partial charge in [0.2, 0.25) is 0 Å². The first-order valence-electron chi connectivity index (χ1n) is 13.2. The van der Waals surface area contributed by atoms with Gasteiger partial charge in [-0.3, -0.25) is 15.1 Å². The number of benzene rings is 2. The molecular weight excluding hydrogens is 524 g/mol. The summed E-state index contributed by atoms with van der Waals surface area (Å²) in [5.74, 6) is -0.403. The van der Waals surface area contributed by atoms with Crippen molar-refractivity contribution < 1.29 is 28.6 Å². The lowest BCUT2D eigenvalue weighted by Gasteiger charge is -2.24. The largest absolute Gasteiger partial charge is 0.453 e. The molecule has 10 heteroatoms. The van der Waals surface area contributed by atoms with E-state index in [0.717, 1.165) is 11.1 Å². The Labute approximate surface area is 239 Å². The summed E-state index contributed by atoms with van der Waals surface area (Å²) in [7, 11) is 1.27. The van der Waals surface area contributed by atoms with Gasteiger partial charge in [0.1, 0.15) is 5.60 Å². The first-order valence-corrected chi connectivity index (χ1v) is 13.2. The van der Waals surface area contributed by atoms with Gasteiger partial charge in [-0.05, 0) is 62.6 Å². The Morgan fingerprint density at radius 2 is 1.83 bits per heavy atom. The fourth-order valence-corrected chi connectivity index (χ4v) is 4.18. The molecule has 1 aliphatic rings.